The van der Waals surface area contributed by atoms with E-state index in [9.17, 15) is 4.79 Å². The first kappa shape index (κ1) is 13.4. The SMILES string of the molecule is COc1ccc(-c2noc(C(=O)NC3CC3)n2)cc1OC. The Balaban J connectivity index is 1.83. The molecule has 21 heavy (non-hydrogen) atoms. The number of aromatic nitrogens is 2. The first-order valence-corrected chi connectivity index (χ1v) is 6.58. The second-order valence-corrected chi connectivity index (χ2v) is 4.74. The molecule has 7 heteroatoms. The van der Waals surface area contributed by atoms with Crippen molar-refractivity contribution in [1.82, 2.24) is 15.5 Å². The first-order valence-electron chi connectivity index (χ1n) is 6.58. The van der Waals surface area contributed by atoms with Crippen LogP contribution in [0, 0.1) is 0 Å². The predicted molar refractivity (Wildman–Crippen MR) is 73.3 cm³/mol. The van der Waals surface area contributed by atoms with Gasteiger partial charge in [0.1, 0.15) is 0 Å². The van der Waals surface area contributed by atoms with E-state index in [0.29, 0.717) is 22.9 Å². The fourth-order valence-corrected chi connectivity index (χ4v) is 1.88. The lowest BCUT2D eigenvalue weighted by atomic mass is 10.2. The highest BCUT2D eigenvalue weighted by molar-refractivity contribution is 5.90. The Bertz CT molecular complexity index is 664. The van der Waals surface area contributed by atoms with Crippen LogP contribution in [-0.2, 0) is 0 Å². The quantitative estimate of drug-likeness (QED) is 0.900. The van der Waals surface area contributed by atoms with Gasteiger partial charge in [0.25, 0.3) is 0 Å². The lowest BCUT2D eigenvalue weighted by Gasteiger charge is -2.07. The van der Waals surface area contributed by atoms with Gasteiger partial charge in [-0.2, -0.15) is 4.98 Å². The molecule has 1 amide bonds. The zero-order chi connectivity index (χ0) is 14.8. The van der Waals surface area contributed by atoms with Crippen LogP contribution in [0.4, 0.5) is 0 Å². The molecule has 1 saturated carbocycles. The molecule has 1 aromatic heterocycles. The van der Waals surface area contributed by atoms with Gasteiger partial charge in [-0.1, -0.05) is 5.16 Å². The summed E-state index contributed by atoms with van der Waals surface area (Å²) in [5.74, 6) is 1.13. The minimum absolute atomic E-state index is 0.0355. The highest BCUT2D eigenvalue weighted by Gasteiger charge is 2.26. The monoisotopic (exact) mass is 289 g/mol. The molecule has 2 aromatic rings. The molecule has 0 radical (unpaired) electrons. The average molecular weight is 289 g/mol. The van der Waals surface area contributed by atoms with Crippen molar-refractivity contribution < 1.29 is 18.8 Å². The molecule has 110 valence electrons. The molecular formula is C14H15N3O4. The highest BCUT2D eigenvalue weighted by Crippen LogP contribution is 2.31. The van der Waals surface area contributed by atoms with Gasteiger partial charge in [0.15, 0.2) is 11.5 Å². The lowest BCUT2D eigenvalue weighted by Crippen LogP contribution is -2.25. The summed E-state index contributed by atoms with van der Waals surface area (Å²) < 4.78 is 15.4. The van der Waals surface area contributed by atoms with Crippen LogP contribution < -0.4 is 14.8 Å². The summed E-state index contributed by atoms with van der Waals surface area (Å²) in [6.07, 6.45) is 2.00. The molecule has 0 atom stereocenters. The molecule has 1 heterocycles. The maximum absolute atomic E-state index is 11.8. The van der Waals surface area contributed by atoms with Gasteiger partial charge in [0.2, 0.25) is 5.82 Å². The number of methoxy groups -OCH3 is 2. The van der Waals surface area contributed by atoms with Gasteiger partial charge in [-0.05, 0) is 31.0 Å². The molecule has 0 aliphatic heterocycles. The third-order valence-electron chi connectivity index (χ3n) is 3.17. The molecule has 0 unspecified atom stereocenters. The number of nitrogens with zero attached hydrogens (tertiary/aromatic N) is 2. The normalized spacial score (nSPS) is 13.8. The fraction of sp³-hybridized carbons (Fsp3) is 0.357. The van der Waals surface area contributed by atoms with Crippen LogP contribution in [-0.4, -0.2) is 36.3 Å². The molecule has 0 spiro atoms. The Morgan fingerprint density at radius 2 is 2.05 bits per heavy atom. The standard InChI is InChI=1S/C14H15N3O4/c1-19-10-6-3-8(7-11(10)20-2)12-16-14(21-17-12)13(18)15-9-4-5-9/h3,6-7,9H,4-5H2,1-2H3,(H,15,18). The van der Waals surface area contributed by atoms with Crippen LogP contribution >= 0.6 is 0 Å². The summed E-state index contributed by atoms with van der Waals surface area (Å²) >= 11 is 0. The van der Waals surface area contributed by atoms with Crippen LogP contribution in [0.25, 0.3) is 11.4 Å². The van der Waals surface area contributed by atoms with E-state index in [-0.39, 0.29) is 17.8 Å². The topological polar surface area (TPSA) is 86.5 Å². The molecule has 1 aliphatic carbocycles. The summed E-state index contributed by atoms with van der Waals surface area (Å²) in [6.45, 7) is 0. The number of hydrogen-bond donors (Lipinski definition) is 1. The first-order chi connectivity index (χ1) is 10.2. The molecule has 3 rings (SSSR count). The largest absolute Gasteiger partial charge is 0.493 e. The van der Waals surface area contributed by atoms with E-state index in [4.69, 9.17) is 14.0 Å². The number of ether oxygens (including phenoxy) is 2. The van der Waals surface area contributed by atoms with Gasteiger partial charge >= 0.3 is 11.8 Å². The van der Waals surface area contributed by atoms with E-state index in [1.54, 1.807) is 32.4 Å². The van der Waals surface area contributed by atoms with Gasteiger partial charge in [-0.15, -0.1) is 0 Å². The van der Waals surface area contributed by atoms with Gasteiger partial charge in [-0.25, -0.2) is 0 Å². The van der Waals surface area contributed by atoms with Gasteiger partial charge < -0.3 is 19.3 Å². The van der Waals surface area contributed by atoms with E-state index in [1.807, 2.05) is 0 Å². The minimum atomic E-state index is -0.336. The molecule has 0 saturated heterocycles. The summed E-state index contributed by atoms with van der Waals surface area (Å²) in [5, 5.41) is 6.62. The van der Waals surface area contributed by atoms with Gasteiger partial charge in [0, 0.05) is 11.6 Å². The number of carbonyl (C=O) groups is 1. The maximum atomic E-state index is 11.8. The highest BCUT2D eigenvalue weighted by atomic mass is 16.5. The summed E-state index contributed by atoms with van der Waals surface area (Å²) in [5.41, 5.74) is 0.682. The Hall–Kier alpha value is -2.57. The molecule has 0 bridgehead atoms. The molecule has 1 aromatic carbocycles. The number of benzene rings is 1. The number of carbonyl (C=O) groups excluding carboxylic acids is 1. The molecule has 1 aliphatic rings. The van der Waals surface area contributed by atoms with Crippen molar-refractivity contribution in [3.8, 4) is 22.9 Å². The van der Waals surface area contributed by atoms with Crippen LogP contribution in [0.15, 0.2) is 22.7 Å². The van der Waals surface area contributed by atoms with Crippen LogP contribution in [0.3, 0.4) is 0 Å². The Morgan fingerprint density at radius 3 is 2.71 bits per heavy atom. The van der Waals surface area contributed by atoms with E-state index >= 15 is 0 Å². The van der Waals surface area contributed by atoms with Crippen molar-refractivity contribution in [2.24, 2.45) is 0 Å². The van der Waals surface area contributed by atoms with Crippen molar-refractivity contribution in [2.75, 3.05) is 14.2 Å². The second-order valence-electron chi connectivity index (χ2n) is 4.74. The third-order valence-corrected chi connectivity index (χ3v) is 3.17. The number of nitrogens with one attached hydrogen (secondary N) is 1. The van der Waals surface area contributed by atoms with Crippen LogP contribution in [0.2, 0.25) is 0 Å². The molecular weight excluding hydrogens is 274 g/mol. The third kappa shape index (κ3) is 2.81. The van der Waals surface area contributed by atoms with Crippen molar-refractivity contribution in [1.29, 1.82) is 0 Å². The van der Waals surface area contributed by atoms with Gasteiger partial charge in [-0.3, -0.25) is 4.79 Å². The van der Waals surface area contributed by atoms with E-state index < -0.39 is 0 Å². The number of hydrogen-bond acceptors (Lipinski definition) is 6. The zero-order valence-corrected chi connectivity index (χ0v) is 11.8. The second kappa shape index (κ2) is 5.43. The Labute approximate surface area is 121 Å². The average Bonchev–Trinajstić information content (AvgIpc) is 3.18. The molecule has 7 nitrogen and oxygen atoms in total. The van der Waals surface area contributed by atoms with Crippen molar-refractivity contribution in [2.45, 2.75) is 18.9 Å². The van der Waals surface area contributed by atoms with Crippen LogP contribution in [0.1, 0.15) is 23.5 Å². The number of rotatable bonds is 5. The Kier molecular flexibility index (Phi) is 3.47. The summed E-state index contributed by atoms with van der Waals surface area (Å²) in [4.78, 5) is 15.9. The molecule has 1 fully saturated rings. The summed E-state index contributed by atoms with van der Waals surface area (Å²) in [6, 6.07) is 5.49. The van der Waals surface area contributed by atoms with Crippen LogP contribution in [0.5, 0.6) is 11.5 Å². The Morgan fingerprint density at radius 1 is 1.29 bits per heavy atom. The van der Waals surface area contributed by atoms with Crippen molar-refractivity contribution in [3.05, 3.63) is 24.1 Å². The maximum Gasteiger partial charge on any atom is 0.316 e. The lowest BCUT2D eigenvalue weighted by molar-refractivity contribution is 0.0907. The molecule has 1 N–H and O–H groups in total. The predicted octanol–water partition coefficient (Wildman–Crippen LogP) is 1.65. The smallest absolute Gasteiger partial charge is 0.316 e. The zero-order valence-electron chi connectivity index (χ0n) is 11.8. The fourth-order valence-electron chi connectivity index (χ4n) is 1.88. The van der Waals surface area contributed by atoms with Gasteiger partial charge in [0.05, 0.1) is 14.2 Å². The van der Waals surface area contributed by atoms with Crippen molar-refractivity contribution in [3.63, 3.8) is 0 Å². The van der Waals surface area contributed by atoms with Crippen molar-refractivity contribution >= 4 is 5.91 Å². The van der Waals surface area contributed by atoms with E-state index in [2.05, 4.69) is 15.5 Å². The number of amides is 1. The van der Waals surface area contributed by atoms with E-state index in [0.717, 1.165) is 12.8 Å². The summed E-state index contributed by atoms with van der Waals surface area (Å²) in [7, 11) is 3.11. The van der Waals surface area contributed by atoms with E-state index in [1.165, 1.54) is 0 Å². The minimum Gasteiger partial charge on any atom is -0.493 e.